The van der Waals surface area contributed by atoms with Crippen LogP contribution in [0.25, 0.3) is 0 Å². The van der Waals surface area contributed by atoms with Gasteiger partial charge in [0.25, 0.3) is 5.91 Å². The van der Waals surface area contributed by atoms with Crippen LogP contribution in [0.3, 0.4) is 0 Å². The number of hydrogen-bond acceptors (Lipinski definition) is 3. The van der Waals surface area contributed by atoms with Crippen LogP contribution in [-0.4, -0.2) is 23.5 Å². The van der Waals surface area contributed by atoms with Crippen molar-refractivity contribution in [2.24, 2.45) is 5.41 Å². The van der Waals surface area contributed by atoms with Gasteiger partial charge in [-0.15, -0.1) is 11.3 Å². The van der Waals surface area contributed by atoms with Gasteiger partial charge in [-0.3, -0.25) is 9.59 Å². The van der Waals surface area contributed by atoms with Crippen molar-refractivity contribution in [2.45, 2.75) is 39.5 Å². The van der Waals surface area contributed by atoms with Crippen molar-refractivity contribution in [1.82, 2.24) is 5.32 Å². The molecule has 0 unspecified atom stereocenters. The molecule has 0 saturated heterocycles. The Hall–Kier alpha value is -1.36. The predicted molar refractivity (Wildman–Crippen MR) is 74.7 cm³/mol. The molecule has 0 radical (unpaired) electrons. The molecule has 5 heteroatoms. The minimum Gasteiger partial charge on any atom is -0.481 e. The third-order valence-corrected chi connectivity index (χ3v) is 4.73. The Bertz CT molecular complexity index is 481. The second-order valence-corrected chi connectivity index (χ2v) is 6.77. The first-order valence-corrected chi connectivity index (χ1v) is 7.35. The molecule has 0 saturated carbocycles. The van der Waals surface area contributed by atoms with Crippen molar-refractivity contribution in [3.63, 3.8) is 0 Å². The number of amides is 1. The van der Waals surface area contributed by atoms with Crippen molar-refractivity contribution in [3.05, 3.63) is 21.4 Å². The largest absolute Gasteiger partial charge is 0.481 e. The van der Waals surface area contributed by atoms with Crippen LogP contribution < -0.4 is 5.32 Å². The third-order valence-electron chi connectivity index (χ3n) is 3.49. The minimum absolute atomic E-state index is 0.143. The summed E-state index contributed by atoms with van der Waals surface area (Å²) in [6.07, 6.45) is 4.51. The van der Waals surface area contributed by atoms with Gasteiger partial charge in [-0.1, -0.05) is 0 Å². The van der Waals surface area contributed by atoms with Crippen LogP contribution in [0.4, 0.5) is 0 Å². The number of thiophene rings is 1. The zero-order valence-corrected chi connectivity index (χ0v) is 12.1. The van der Waals surface area contributed by atoms with E-state index in [2.05, 4.69) is 5.32 Å². The Labute approximate surface area is 116 Å². The Morgan fingerprint density at radius 1 is 1.37 bits per heavy atom. The smallest absolute Gasteiger partial charge is 0.310 e. The van der Waals surface area contributed by atoms with Crippen LogP contribution in [0.2, 0.25) is 0 Å². The number of aryl methyl sites for hydroxylation is 2. The normalized spacial score (nSPS) is 14.8. The lowest BCUT2D eigenvalue weighted by Gasteiger charge is -2.19. The molecular weight excluding hydrogens is 262 g/mol. The van der Waals surface area contributed by atoms with Gasteiger partial charge in [0.05, 0.1) is 10.3 Å². The monoisotopic (exact) mass is 281 g/mol. The molecule has 1 heterocycles. The number of carbonyl (C=O) groups excluding carboxylic acids is 1. The van der Waals surface area contributed by atoms with Crippen molar-refractivity contribution in [2.75, 3.05) is 6.54 Å². The highest BCUT2D eigenvalue weighted by atomic mass is 32.1. The summed E-state index contributed by atoms with van der Waals surface area (Å²) in [4.78, 5) is 25.0. The highest BCUT2D eigenvalue weighted by molar-refractivity contribution is 7.14. The summed E-state index contributed by atoms with van der Waals surface area (Å²) in [5.74, 6) is -1.06. The number of nitrogens with one attached hydrogen (secondary N) is 1. The second-order valence-electron chi connectivity index (χ2n) is 5.64. The summed E-state index contributed by atoms with van der Waals surface area (Å²) in [5, 5.41) is 11.7. The quantitative estimate of drug-likeness (QED) is 0.891. The van der Waals surface area contributed by atoms with Gasteiger partial charge in [0.1, 0.15) is 0 Å². The molecule has 0 aromatic carbocycles. The molecule has 2 N–H and O–H groups in total. The highest BCUT2D eigenvalue weighted by Crippen LogP contribution is 2.29. The van der Waals surface area contributed by atoms with E-state index >= 15 is 0 Å². The zero-order chi connectivity index (χ0) is 14.0. The maximum atomic E-state index is 12.0. The van der Waals surface area contributed by atoms with Gasteiger partial charge in [-0.2, -0.15) is 0 Å². The molecular formula is C14H19NO3S. The Balaban J connectivity index is 2.00. The van der Waals surface area contributed by atoms with Gasteiger partial charge in [0, 0.05) is 11.4 Å². The van der Waals surface area contributed by atoms with Crippen molar-refractivity contribution in [1.29, 1.82) is 0 Å². The average molecular weight is 281 g/mol. The van der Waals surface area contributed by atoms with Crippen LogP contribution in [0, 0.1) is 5.41 Å². The third kappa shape index (κ3) is 3.15. The molecule has 0 fully saturated rings. The topological polar surface area (TPSA) is 66.4 Å². The number of carbonyl (C=O) groups is 2. The predicted octanol–water partition coefficient (Wildman–Crippen LogP) is 2.47. The fraction of sp³-hybridized carbons (Fsp3) is 0.571. The number of carboxylic acid groups (broad SMARTS) is 1. The maximum Gasteiger partial charge on any atom is 0.310 e. The van der Waals surface area contributed by atoms with Crippen molar-refractivity contribution in [3.8, 4) is 0 Å². The first-order chi connectivity index (χ1) is 8.90. The molecule has 0 bridgehead atoms. The van der Waals surface area contributed by atoms with Crippen LogP contribution in [0.15, 0.2) is 6.07 Å². The minimum atomic E-state index is -0.938. The van der Waals surface area contributed by atoms with Crippen molar-refractivity contribution < 1.29 is 14.7 Å². The zero-order valence-electron chi connectivity index (χ0n) is 11.3. The molecule has 0 aliphatic heterocycles. The SMILES string of the molecule is CC(C)(CNC(=O)c1cc2c(s1)CCCC2)C(=O)O. The number of carboxylic acids is 1. The number of aliphatic carboxylic acids is 1. The van der Waals surface area contributed by atoms with E-state index in [1.165, 1.54) is 23.3 Å². The summed E-state index contributed by atoms with van der Waals surface area (Å²) in [6.45, 7) is 3.36. The van der Waals surface area contributed by atoms with E-state index in [-0.39, 0.29) is 12.5 Å². The molecule has 104 valence electrons. The van der Waals surface area contributed by atoms with Gasteiger partial charge in [-0.25, -0.2) is 0 Å². The van der Waals surface area contributed by atoms with E-state index in [9.17, 15) is 9.59 Å². The Kier molecular flexibility index (Phi) is 3.94. The van der Waals surface area contributed by atoms with Crippen molar-refractivity contribution >= 4 is 23.2 Å². The molecule has 4 nitrogen and oxygen atoms in total. The van der Waals surface area contributed by atoms with Crippen LogP contribution in [0.5, 0.6) is 0 Å². The molecule has 1 aromatic heterocycles. The lowest BCUT2D eigenvalue weighted by Crippen LogP contribution is -2.38. The summed E-state index contributed by atoms with van der Waals surface area (Å²) >= 11 is 1.54. The molecule has 19 heavy (non-hydrogen) atoms. The van der Waals surface area contributed by atoms with Crippen LogP contribution in [-0.2, 0) is 17.6 Å². The standard InChI is InChI=1S/C14H19NO3S/c1-14(2,13(17)18)8-15-12(16)11-7-9-5-3-4-6-10(9)19-11/h7H,3-6,8H2,1-2H3,(H,15,16)(H,17,18). The van der Waals surface area contributed by atoms with E-state index in [4.69, 9.17) is 5.11 Å². The molecule has 1 aliphatic rings. The molecule has 2 rings (SSSR count). The average Bonchev–Trinajstić information content (AvgIpc) is 2.79. The van der Waals surface area contributed by atoms with Crippen LogP contribution in [0.1, 0.15) is 46.8 Å². The number of hydrogen-bond donors (Lipinski definition) is 2. The fourth-order valence-electron chi connectivity index (χ4n) is 2.07. The summed E-state index contributed by atoms with van der Waals surface area (Å²) < 4.78 is 0. The van der Waals surface area contributed by atoms with Crippen LogP contribution >= 0.6 is 11.3 Å². The second kappa shape index (κ2) is 5.33. The Morgan fingerprint density at radius 2 is 2.05 bits per heavy atom. The van der Waals surface area contributed by atoms with E-state index in [0.717, 1.165) is 12.8 Å². The first kappa shape index (κ1) is 14.1. The molecule has 0 atom stereocenters. The highest BCUT2D eigenvalue weighted by Gasteiger charge is 2.28. The summed E-state index contributed by atoms with van der Waals surface area (Å²) in [7, 11) is 0. The molecule has 0 spiro atoms. The van der Waals surface area contributed by atoms with E-state index in [1.54, 1.807) is 25.2 Å². The first-order valence-electron chi connectivity index (χ1n) is 6.53. The van der Waals surface area contributed by atoms with E-state index in [0.29, 0.717) is 4.88 Å². The van der Waals surface area contributed by atoms with Gasteiger partial charge in [0.2, 0.25) is 0 Å². The summed E-state index contributed by atoms with van der Waals surface area (Å²) in [6, 6.07) is 1.96. The van der Waals surface area contributed by atoms with E-state index < -0.39 is 11.4 Å². The Morgan fingerprint density at radius 3 is 2.68 bits per heavy atom. The molecule has 1 aliphatic carbocycles. The fourth-order valence-corrected chi connectivity index (χ4v) is 3.24. The number of fused-ring (bicyclic) bond motifs is 1. The van der Waals surface area contributed by atoms with Gasteiger partial charge >= 0.3 is 5.97 Å². The molecule has 1 amide bonds. The van der Waals surface area contributed by atoms with Gasteiger partial charge < -0.3 is 10.4 Å². The molecule has 1 aromatic rings. The van der Waals surface area contributed by atoms with Gasteiger partial charge in [-0.05, 0) is 51.2 Å². The summed E-state index contributed by atoms with van der Waals surface area (Å²) in [5.41, 5.74) is 0.353. The van der Waals surface area contributed by atoms with E-state index in [1.807, 2.05) is 6.07 Å². The van der Waals surface area contributed by atoms with Gasteiger partial charge in [0.15, 0.2) is 0 Å². The lowest BCUT2D eigenvalue weighted by molar-refractivity contribution is -0.146. The maximum absolute atomic E-state index is 12.0. The lowest BCUT2D eigenvalue weighted by atomic mass is 9.94. The number of rotatable bonds is 4.